The summed E-state index contributed by atoms with van der Waals surface area (Å²) in [6.45, 7) is 1.56. The molecule has 6 rings (SSSR count). The second-order valence-corrected chi connectivity index (χ2v) is 12.3. The molecular formula is C41H41ClO6. The lowest BCUT2D eigenvalue weighted by Gasteiger charge is -2.46. The molecule has 0 aliphatic carbocycles. The zero-order valence-electron chi connectivity index (χ0n) is 26.8. The Morgan fingerprint density at radius 1 is 0.542 bits per heavy atom. The molecule has 48 heavy (non-hydrogen) atoms. The van der Waals surface area contributed by atoms with Crippen LogP contribution in [-0.4, -0.2) is 36.1 Å². The Morgan fingerprint density at radius 2 is 1.00 bits per heavy atom. The molecule has 7 heteroatoms. The Labute approximate surface area is 287 Å². The Kier molecular flexibility index (Phi) is 12.4. The highest BCUT2D eigenvalue weighted by molar-refractivity contribution is 6.31. The molecule has 1 fully saturated rings. The Morgan fingerprint density at radius 3 is 1.50 bits per heavy atom. The van der Waals surface area contributed by atoms with Crippen LogP contribution in [-0.2, 0) is 56.7 Å². The van der Waals surface area contributed by atoms with Crippen LogP contribution in [0.3, 0.4) is 0 Å². The van der Waals surface area contributed by atoms with Crippen LogP contribution in [0.15, 0.2) is 140 Å². The van der Waals surface area contributed by atoms with Gasteiger partial charge in [0.2, 0.25) is 0 Å². The Hall–Kier alpha value is -3.85. The van der Waals surface area contributed by atoms with E-state index in [0.717, 1.165) is 27.8 Å². The lowest BCUT2D eigenvalue weighted by atomic mass is 9.89. The molecule has 0 aromatic heterocycles. The summed E-state index contributed by atoms with van der Waals surface area (Å²) < 4.78 is 33.6. The van der Waals surface area contributed by atoms with Gasteiger partial charge in [0.05, 0.1) is 39.6 Å². The van der Waals surface area contributed by atoms with Gasteiger partial charge in [-0.25, -0.2) is 0 Å². The van der Waals surface area contributed by atoms with E-state index in [4.69, 9.17) is 35.3 Å². The fourth-order valence-corrected chi connectivity index (χ4v) is 6.13. The lowest BCUT2D eigenvalue weighted by molar-refractivity contribution is -0.275. The van der Waals surface area contributed by atoms with Crippen molar-refractivity contribution in [3.63, 3.8) is 0 Å². The van der Waals surface area contributed by atoms with Crippen molar-refractivity contribution >= 4 is 11.6 Å². The van der Waals surface area contributed by atoms with Crippen LogP contribution in [0, 0.1) is 0 Å². The molecule has 5 aromatic carbocycles. The maximum absolute atomic E-state index is 10.1. The molecule has 5 unspecified atom stereocenters. The van der Waals surface area contributed by atoms with E-state index in [-0.39, 0.29) is 13.2 Å². The molecule has 5 aromatic rings. The first-order chi connectivity index (χ1) is 23.7. The van der Waals surface area contributed by atoms with Crippen molar-refractivity contribution < 1.29 is 28.8 Å². The molecule has 0 radical (unpaired) electrons. The van der Waals surface area contributed by atoms with Crippen molar-refractivity contribution in [2.75, 3.05) is 6.61 Å². The number of benzene rings is 5. The largest absolute Gasteiger partial charge is 0.392 e. The topological polar surface area (TPSA) is 66.4 Å². The second-order valence-electron chi connectivity index (χ2n) is 11.9. The molecule has 248 valence electrons. The highest BCUT2D eigenvalue weighted by Crippen LogP contribution is 2.39. The normalized spacial score (nSPS) is 20.8. The van der Waals surface area contributed by atoms with Gasteiger partial charge in [0, 0.05) is 5.02 Å². The third kappa shape index (κ3) is 9.19. The minimum Gasteiger partial charge on any atom is -0.392 e. The molecule has 1 saturated heterocycles. The summed E-state index contributed by atoms with van der Waals surface area (Å²) in [5, 5.41) is 10.6. The molecule has 0 spiro atoms. The van der Waals surface area contributed by atoms with Crippen molar-refractivity contribution in [3.05, 3.63) is 178 Å². The van der Waals surface area contributed by atoms with Gasteiger partial charge in [-0.2, -0.15) is 0 Å². The summed E-state index contributed by atoms with van der Waals surface area (Å²) >= 11 is 6.44. The molecule has 0 amide bonds. The molecule has 1 aliphatic rings. The van der Waals surface area contributed by atoms with Crippen molar-refractivity contribution in [1.82, 2.24) is 0 Å². The van der Waals surface area contributed by atoms with Crippen molar-refractivity contribution in [2.45, 2.75) is 63.6 Å². The van der Waals surface area contributed by atoms with Crippen LogP contribution >= 0.6 is 11.6 Å². The van der Waals surface area contributed by atoms with E-state index in [9.17, 15) is 5.11 Å². The van der Waals surface area contributed by atoms with Gasteiger partial charge < -0.3 is 28.8 Å². The highest BCUT2D eigenvalue weighted by Gasteiger charge is 2.49. The van der Waals surface area contributed by atoms with E-state index in [1.807, 2.05) is 133 Å². The number of ether oxygens (including phenoxy) is 5. The van der Waals surface area contributed by atoms with Crippen LogP contribution in [0.1, 0.15) is 39.5 Å². The smallest absolute Gasteiger partial charge is 0.117 e. The van der Waals surface area contributed by atoms with Crippen LogP contribution in [0.25, 0.3) is 0 Å². The number of rotatable bonds is 15. The zero-order chi connectivity index (χ0) is 33.0. The fraction of sp³-hybridized carbons (Fsp3) is 0.268. The predicted octanol–water partition coefficient (Wildman–Crippen LogP) is 8.25. The summed E-state index contributed by atoms with van der Waals surface area (Å²) in [6, 6.07) is 45.9. The first-order valence-electron chi connectivity index (χ1n) is 16.3. The number of halogens is 1. The molecule has 1 heterocycles. The molecule has 1 aliphatic heterocycles. The summed E-state index contributed by atoms with van der Waals surface area (Å²) in [5.74, 6) is 0. The molecule has 6 nitrogen and oxygen atoms in total. The third-order valence-electron chi connectivity index (χ3n) is 8.45. The number of hydrogen-bond donors (Lipinski definition) is 1. The second kappa shape index (κ2) is 17.5. The Bertz CT molecular complexity index is 1650. The minimum absolute atomic E-state index is 0.199. The molecule has 5 atom stereocenters. The van der Waals surface area contributed by atoms with E-state index in [0.29, 0.717) is 37.0 Å². The van der Waals surface area contributed by atoms with Gasteiger partial charge in [-0.1, -0.05) is 139 Å². The zero-order valence-corrected chi connectivity index (χ0v) is 27.5. The SMILES string of the molecule is OCc1cc(C2OC(COCc3ccccc3)C(OCc3ccccc3)C(OCc3ccccc3)C2OCc2ccccc2)ccc1Cl. The van der Waals surface area contributed by atoms with E-state index < -0.39 is 30.5 Å². The minimum atomic E-state index is -0.576. The molecule has 1 N–H and O–H groups in total. The summed E-state index contributed by atoms with van der Waals surface area (Å²) in [6.07, 6.45) is -2.74. The van der Waals surface area contributed by atoms with E-state index in [2.05, 4.69) is 0 Å². The van der Waals surface area contributed by atoms with Crippen molar-refractivity contribution in [1.29, 1.82) is 0 Å². The first kappa shape index (κ1) is 34.0. The van der Waals surface area contributed by atoms with Crippen molar-refractivity contribution in [2.24, 2.45) is 0 Å². The van der Waals surface area contributed by atoms with E-state index >= 15 is 0 Å². The van der Waals surface area contributed by atoms with Crippen LogP contribution in [0.5, 0.6) is 0 Å². The monoisotopic (exact) mass is 664 g/mol. The van der Waals surface area contributed by atoms with Gasteiger partial charge >= 0.3 is 0 Å². The molecule has 0 saturated carbocycles. The number of aliphatic hydroxyl groups excluding tert-OH is 1. The van der Waals surface area contributed by atoms with Gasteiger partial charge in [-0.05, 0) is 45.5 Å². The standard InChI is InChI=1S/C41H41ClO6/c42-36-22-21-34(23-35(36)24-43)38-40(46-27-32-17-9-3-10-18-32)41(47-28-33-19-11-4-12-20-33)39(45-26-31-15-7-2-8-16-31)37(48-38)29-44-25-30-13-5-1-6-14-30/h1-23,37-41,43H,24-29H2. The quantitative estimate of drug-likeness (QED) is 0.122. The maximum Gasteiger partial charge on any atom is 0.117 e. The van der Waals surface area contributed by atoms with E-state index in [1.54, 1.807) is 6.07 Å². The average Bonchev–Trinajstić information content (AvgIpc) is 3.14. The lowest BCUT2D eigenvalue weighted by Crippen LogP contribution is -2.58. The number of hydrogen-bond acceptors (Lipinski definition) is 6. The average molecular weight is 665 g/mol. The molecule has 0 bridgehead atoms. The van der Waals surface area contributed by atoms with Gasteiger partial charge in [0.25, 0.3) is 0 Å². The van der Waals surface area contributed by atoms with Crippen molar-refractivity contribution in [3.8, 4) is 0 Å². The highest BCUT2D eigenvalue weighted by atomic mass is 35.5. The van der Waals surface area contributed by atoms with Gasteiger partial charge in [-0.3, -0.25) is 0 Å². The third-order valence-corrected chi connectivity index (χ3v) is 8.82. The van der Waals surface area contributed by atoms with Gasteiger partial charge in [-0.15, -0.1) is 0 Å². The first-order valence-corrected chi connectivity index (χ1v) is 16.7. The summed E-state index contributed by atoms with van der Waals surface area (Å²) in [5.41, 5.74) is 5.61. The predicted molar refractivity (Wildman–Crippen MR) is 186 cm³/mol. The summed E-state index contributed by atoms with van der Waals surface area (Å²) in [4.78, 5) is 0. The van der Waals surface area contributed by atoms with E-state index in [1.165, 1.54) is 0 Å². The summed E-state index contributed by atoms with van der Waals surface area (Å²) in [7, 11) is 0. The van der Waals surface area contributed by atoms with Gasteiger partial charge in [0.1, 0.15) is 30.5 Å². The van der Waals surface area contributed by atoms with Crippen LogP contribution < -0.4 is 0 Å². The fourth-order valence-electron chi connectivity index (χ4n) is 5.95. The van der Waals surface area contributed by atoms with Crippen LogP contribution in [0.4, 0.5) is 0 Å². The van der Waals surface area contributed by atoms with Gasteiger partial charge in [0.15, 0.2) is 0 Å². The molecular weight excluding hydrogens is 624 g/mol. The van der Waals surface area contributed by atoms with Crippen LogP contribution in [0.2, 0.25) is 5.02 Å². The number of aliphatic hydroxyl groups is 1. The Balaban J connectivity index is 1.36. The maximum atomic E-state index is 10.1.